The number of aromatic nitrogens is 1. The standard InChI is InChI=1S/C17H14BrNO3S/c1-10(20)14-15(22-2)17(21)19(13-7-8-23-16(13)14)9-11-3-5-12(18)6-4-11/h3-8H,9H2,1-2H3. The van der Waals surface area contributed by atoms with Crippen molar-refractivity contribution in [3.63, 3.8) is 0 Å². The molecule has 1 aromatic carbocycles. The van der Waals surface area contributed by atoms with E-state index >= 15 is 0 Å². The fourth-order valence-corrected chi connectivity index (χ4v) is 3.83. The Morgan fingerprint density at radius 3 is 2.57 bits per heavy atom. The molecule has 2 aromatic heterocycles. The van der Waals surface area contributed by atoms with Crippen molar-refractivity contribution in [2.75, 3.05) is 7.11 Å². The second kappa shape index (κ2) is 6.29. The van der Waals surface area contributed by atoms with Gasteiger partial charge in [0.15, 0.2) is 11.5 Å². The molecular weight excluding hydrogens is 378 g/mol. The van der Waals surface area contributed by atoms with E-state index in [1.807, 2.05) is 35.7 Å². The van der Waals surface area contributed by atoms with Crippen molar-refractivity contribution in [3.05, 3.63) is 61.7 Å². The second-order valence-electron chi connectivity index (χ2n) is 5.12. The third kappa shape index (κ3) is 2.84. The molecule has 0 amide bonds. The minimum atomic E-state index is -0.286. The lowest BCUT2D eigenvalue weighted by atomic mass is 10.1. The van der Waals surface area contributed by atoms with Gasteiger partial charge in [0.1, 0.15) is 0 Å². The van der Waals surface area contributed by atoms with E-state index in [2.05, 4.69) is 15.9 Å². The van der Waals surface area contributed by atoms with E-state index in [0.29, 0.717) is 12.1 Å². The summed E-state index contributed by atoms with van der Waals surface area (Å²) in [6, 6.07) is 9.66. The van der Waals surface area contributed by atoms with Gasteiger partial charge in [-0.05, 0) is 36.1 Å². The number of ether oxygens (including phenoxy) is 1. The SMILES string of the molecule is COc1c(C(C)=O)c2sccc2n(Cc2ccc(Br)cc2)c1=O. The number of halogens is 1. The molecule has 0 aliphatic rings. The van der Waals surface area contributed by atoms with E-state index in [1.54, 1.807) is 4.57 Å². The highest BCUT2D eigenvalue weighted by molar-refractivity contribution is 9.10. The summed E-state index contributed by atoms with van der Waals surface area (Å²) >= 11 is 4.84. The van der Waals surface area contributed by atoms with Crippen LogP contribution in [0.3, 0.4) is 0 Å². The molecule has 23 heavy (non-hydrogen) atoms. The van der Waals surface area contributed by atoms with E-state index in [0.717, 1.165) is 20.3 Å². The normalized spacial score (nSPS) is 10.9. The molecule has 3 aromatic rings. The largest absolute Gasteiger partial charge is 0.491 e. The Kier molecular flexibility index (Phi) is 4.37. The smallest absolute Gasteiger partial charge is 0.294 e. The molecule has 118 valence electrons. The number of rotatable bonds is 4. The van der Waals surface area contributed by atoms with Crippen LogP contribution in [0, 0.1) is 0 Å². The molecule has 4 nitrogen and oxygen atoms in total. The molecule has 2 heterocycles. The second-order valence-corrected chi connectivity index (χ2v) is 6.95. The van der Waals surface area contributed by atoms with E-state index in [1.165, 1.54) is 25.4 Å². The van der Waals surface area contributed by atoms with Gasteiger partial charge in [0, 0.05) is 4.47 Å². The number of thiophene rings is 1. The summed E-state index contributed by atoms with van der Waals surface area (Å²) in [4.78, 5) is 24.8. The van der Waals surface area contributed by atoms with Crippen molar-refractivity contribution in [3.8, 4) is 5.75 Å². The molecule has 0 aliphatic heterocycles. The molecule has 0 bridgehead atoms. The van der Waals surface area contributed by atoms with E-state index in [-0.39, 0.29) is 17.1 Å². The zero-order chi connectivity index (χ0) is 16.6. The summed E-state index contributed by atoms with van der Waals surface area (Å²) in [7, 11) is 1.42. The highest BCUT2D eigenvalue weighted by Crippen LogP contribution is 2.30. The van der Waals surface area contributed by atoms with Crippen molar-refractivity contribution in [1.29, 1.82) is 0 Å². The first-order chi connectivity index (χ1) is 11.0. The topological polar surface area (TPSA) is 48.3 Å². The monoisotopic (exact) mass is 391 g/mol. The van der Waals surface area contributed by atoms with E-state index in [9.17, 15) is 9.59 Å². The Balaban J connectivity index is 2.25. The van der Waals surface area contributed by atoms with Crippen LogP contribution in [0.1, 0.15) is 22.8 Å². The number of pyridine rings is 1. The third-order valence-corrected chi connectivity index (χ3v) is 5.09. The highest BCUT2D eigenvalue weighted by atomic mass is 79.9. The maximum atomic E-state index is 12.8. The third-order valence-electron chi connectivity index (χ3n) is 3.64. The number of nitrogens with zero attached hydrogens (tertiary/aromatic N) is 1. The first-order valence-electron chi connectivity index (χ1n) is 6.96. The number of Topliss-reactive ketones (excluding diaryl/α,β-unsaturated/α-hetero) is 1. The number of hydrogen-bond acceptors (Lipinski definition) is 4. The number of methoxy groups -OCH3 is 1. The Hall–Kier alpha value is -1.92. The summed E-state index contributed by atoms with van der Waals surface area (Å²) in [5.41, 5.74) is 1.84. The molecule has 0 spiro atoms. The number of benzene rings is 1. The zero-order valence-electron chi connectivity index (χ0n) is 12.6. The van der Waals surface area contributed by atoms with Gasteiger partial charge in [-0.3, -0.25) is 14.2 Å². The van der Waals surface area contributed by atoms with Crippen LogP contribution in [0.25, 0.3) is 10.2 Å². The zero-order valence-corrected chi connectivity index (χ0v) is 15.0. The Morgan fingerprint density at radius 2 is 1.96 bits per heavy atom. The average Bonchev–Trinajstić information content (AvgIpc) is 2.99. The van der Waals surface area contributed by atoms with Crippen LogP contribution < -0.4 is 10.3 Å². The van der Waals surface area contributed by atoms with Gasteiger partial charge < -0.3 is 4.74 Å². The fraction of sp³-hybridized carbons (Fsp3) is 0.176. The van der Waals surface area contributed by atoms with Crippen LogP contribution in [0.4, 0.5) is 0 Å². The van der Waals surface area contributed by atoms with E-state index < -0.39 is 0 Å². The first-order valence-corrected chi connectivity index (χ1v) is 8.63. The predicted molar refractivity (Wildman–Crippen MR) is 95.9 cm³/mol. The number of carbonyl (C=O) groups excluding carboxylic acids is 1. The van der Waals surface area contributed by atoms with Gasteiger partial charge in [0.05, 0.1) is 29.4 Å². The minimum Gasteiger partial charge on any atom is -0.491 e. The number of carbonyl (C=O) groups is 1. The van der Waals surface area contributed by atoms with Crippen LogP contribution in [0.2, 0.25) is 0 Å². The van der Waals surface area contributed by atoms with Crippen LogP contribution in [0.15, 0.2) is 45.0 Å². The molecule has 0 saturated heterocycles. The number of ketones is 1. The quantitative estimate of drug-likeness (QED) is 0.629. The molecule has 0 fully saturated rings. The van der Waals surface area contributed by atoms with Gasteiger partial charge in [0.2, 0.25) is 0 Å². The molecule has 0 unspecified atom stereocenters. The van der Waals surface area contributed by atoms with Gasteiger partial charge in [-0.2, -0.15) is 0 Å². The minimum absolute atomic E-state index is 0.115. The molecule has 3 rings (SSSR count). The lowest BCUT2D eigenvalue weighted by molar-refractivity contribution is 0.101. The van der Waals surface area contributed by atoms with Gasteiger partial charge in [-0.25, -0.2) is 0 Å². The van der Waals surface area contributed by atoms with Crippen molar-refractivity contribution in [2.24, 2.45) is 0 Å². The van der Waals surface area contributed by atoms with Crippen LogP contribution >= 0.6 is 27.3 Å². The summed E-state index contributed by atoms with van der Waals surface area (Å²) < 4.78 is 8.68. The predicted octanol–water partition coefficient (Wildman–Crippen LogP) is 4.09. The van der Waals surface area contributed by atoms with Gasteiger partial charge >= 0.3 is 0 Å². The van der Waals surface area contributed by atoms with Gasteiger partial charge in [-0.1, -0.05) is 28.1 Å². The molecule has 0 aliphatic carbocycles. The molecule has 0 N–H and O–H groups in total. The summed E-state index contributed by atoms with van der Waals surface area (Å²) in [5, 5.41) is 1.88. The molecule has 6 heteroatoms. The van der Waals surface area contributed by atoms with Crippen molar-refractivity contribution < 1.29 is 9.53 Å². The molecule has 0 radical (unpaired) electrons. The number of hydrogen-bond donors (Lipinski definition) is 0. The lowest BCUT2D eigenvalue weighted by Crippen LogP contribution is -2.24. The Morgan fingerprint density at radius 1 is 1.26 bits per heavy atom. The van der Waals surface area contributed by atoms with Crippen LogP contribution in [0.5, 0.6) is 5.75 Å². The van der Waals surface area contributed by atoms with E-state index in [4.69, 9.17) is 4.74 Å². The van der Waals surface area contributed by atoms with Crippen LogP contribution in [-0.2, 0) is 6.54 Å². The first kappa shape index (κ1) is 16.0. The average molecular weight is 392 g/mol. The molecule has 0 atom stereocenters. The summed E-state index contributed by atoms with van der Waals surface area (Å²) in [6.07, 6.45) is 0. The fourth-order valence-electron chi connectivity index (χ4n) is 2.58. The van der Waals surface area contributed by atoms with Crippen molar-refractivity contribution >= 4 is 43.3 Å². The summed E-state index contributed by atoms with van der Waals surface area (Å²) in [6.45, 7) is 1.88. The Bertz CT molecular complexity index is 941. The maximum Gasteiger partial charge on any atom is 0.294 e. The number of fused-ring (bicyclic) bond motifs is 1. The van der Waals surface area contributed by atoms with Crippen molar-refractivity contribution in [2.45, 2.75) is 13.5 Å². The molecule has 0 saturated carbocycles. The van der Waals surface area contributed by atoms with Gasteiger partial charge in [-0.15, -0.1) is 11.3 Å². The van der Waals surface area contributed by atoms with Crippen LogP contribution in [-0.4, -0.2) is 17.5 Å². The lowest BCUT2D eigenvalue weighted by Gasteiger charge is -2.13. The van der Waals surface area contributed by atoms with Gasteiger partial charge in [0.25, 0.3) is 5.56 Å². The Labute approximate surface area is 145 Å². The summed E-state index contributed by atoms with van der Waals surface area (Å²) in [5.74, 6) is -0.0493. The molecular formula is C17H14BrNO3S. The highest BCUT2D eigenvalue weighted by Gasteiger charge is 2.21. The van der Waals surface area contributed by atoms with Crippen molar-refractivity contribution in [1.82, 2.24) is 4.57 Å². The maximum absolute atomic E-state index is 12.8.